The number of aliphatic hydroxyl groups excluding tert-OH is 1. The summed E-state index contributed by atoms with van der Waals surface area (Å²) in [7, 11) is 0. The molecule has 1 aliphatic rings. The van der Waals surface area contributed by atoms with Crippen LogP contribution in [0.15, 0.2) is 24.3 Å². The number of hydrogen-bond acceptors (Lipinski definition) is 5. The number of esters is 1. The first-order valence-electron chi connectivity index (χ1n) is 7.60. The number of β-amino-alcohol motifs (C(OH)–C–C–N with tert-alkyl or cyclic N) is 1. The number of rotatable bonds is 7. The van der Waals surface area contributed by atoms with Crippen LogP contribution in [0.2, 0.25) is 0 Å². The molecule has 0 radical (unpaired) electrons. The maximum absolute atomic E-state index is 11.9. The lowest BCUT2D eigenvalue weighted by atomic mass is 10.2. The molecule has 1 unspecified atom stereocenters. The van der Waals surface area contributed by atoms with Crippen LogP contribution in [0.3, 0.4) is 0 Å². The number of nitrogens with zero attached hydrogens (tertiary/aromatic N) is 1. The van der Waals surface area contributed by atoms with Gasteiger partial charge in [0.05, 0.1) is 5.56 Å². The fourth-order valence-corrected chi connectivity index (χ4v) is 2.50. The first kappa shape index (κ1) is 15.8. The van der Waals surface area contributed by atoms with E-state index in [2.05, 4.69) is 10.2 Å². The molecule has 0 aromatic heterocycles. The second-order valence-electron chi connectivity index (χ2n) is 5.37. The summed E-state index contributed by atoms with van der Waals surface area (Å²) in [6, 6.07) is 7.15. The normalized spacial score (nSPS) is 16.7. The minimum absolute atomic E-state index is 0.0459. The van der Waals surface area contributed by atoms with E-state index in [1.54, 1.807) is 12.1 Å². The molecule has 2 rings (SSSR count). The molecule has 116 valence electrons. The SMILES string of the molecule is CCNc1ccc(C(=O)OCC(O)CN2CCCC2)cc1. The van der Waals surface area contributed by atoms with E-state index >= 15 is 0 Å². The second-order valence-corrected chi connectivity index (χ2v) is 5.37. The largest absolute Gasteiger partial charge is 0.459 e. The molecule has 1 fully saturated rings. The van der Waals surface area contributed by atoms with Gasteiger partial charge in [0, 0.05) is 18.8 Å². The highest BCUT2D eigenvalue weighted by atomic mass is 16.5. The monoisotopic (exact) mass is 292 g/mol. The zero-order valence-electron chi connectivity index (χ0n) is 12.5. The molecule has 0 amide bonds. The zero-order valence-corrected chi connectivity index (χ0v) is 12.5. The van der Waals surface area contributed by atoms with E-state index in [4.69, 9.17) is 4.74 Å². The van der Waals surface area contributed by atoms with Crippen molar-refractivity contribution in [3.05, 3.63) is 29.8 Å². The molecule has 1 saturated heterocycles. The molecule has 5 heteroatoms. The molecule has 1 aromatic rings. The number of nitrogens with one attached hydrogen (secondary N) is 1. The van der Waals surface area contributed by atoms with Gasteiger partial charge in [0.1, 0.15) is 12.7 Å². The van der Waals surface area contributed by atoms with Gasteiger partial charge in [-0.05, 0) is 57.1 Å². The van der Waals surface area contributed by atoms with Crippen LogP contribution in [0.25, 0.3) is 0 Å². The van der Waals surface area contributed by atoms with Gasteiger partial charge in [0.15, 0.2) is 0 Å². The van der Waals surface area contributed by atoms with Crippen LogP contribution in [0.1, 0.15) is 30.1 Å². The standard InChI is InChI=1S/C16H24N2O3/c1-2-17-14-7-5-13(6-8-14)16(20)21-12-15(19)11-18-9-3-4-10-18/h5-8,15,17,19H,2-4,9-12H2,1H3. The van der Waals surface area contributed by atoms with Gasteiger partial charge in [0.2, 0.25) is 0 Å². The predicted molar refractivity (Wildman–Crippen MR) is 82.6 cm³/mol. The maximum Gasteiger partial charge on any atom is 0.338 e. The fraction of sp³-hybridized carbons (Fsp3) is 0.562. The molecule has 5 nitrogen and oxygen atoms in total. The van der Waals surface area contributed by atoms with Crippen LogP contribution in [0.4, 0.5) is 5.69 Å². The Hall–Kier alpha value is -1.59. The Balaban J connectivity index is 1.75. The van der Waals surface area contributed by atoms with Gasteiger partial charge in [-0.2, -0.15) is 0 Å². The number of likely N-dealkylation sites (tertiary alicyclic amines) is 1. The number of anilines is 1. The van der Waals surface area contributed by atoms with Gasteiger partial charge < -0.3 is 20.1 Å². The van der Waals surface area contributed by atoms with Gasteiger partial charge in [-0.15, -0.1) is 0 Å². The lowest BCUT2D eigenvalue weighted by Gasteiger charge is -2.19. The van der Waals surface area contributed by atoms with Crippen molar-refractivity contribution in [1.82, 2.24) is 4.90 Å². The first-order valence-corrected chi connectivity index (χ1v) is 7.60. The summed E-state index contributed by atoms with van der Waals surface area (Å²) in [6.45, 7) is 5.53. The Morgan fingerprint density at radius 1 is 1.33 bits per heavy atom. The minimum Gasteiger partial charge on any atom is -0.459 e. The van der Waals surface area contributed by atoms with Crippen LogP contribution in [-0.4, -0.2) is 54.9 Å². The highest BCUT2D eigenvalue weighted by Gasteiger charge is 2.17. The molecule has 0 aliphatic carbocycles. The average molecular weight is 292 g/mol. The van der Waals surface area contributed by atoms with E-state index in [0.717, 1.165) is 25.3 Å². The molecule has 0 saturated carbocycles. The second kappa shape index (κ2) is 8.00. The van der Waals surface area contributed by atoms with Crippen LogP contribution in [0, 0.1) is 0 Å². The highest BCUT2D eigenvalue weighted by Crippen LogP contribution is 2.11. The Labute approximate surface area is 125 Å². The molecular weight excluding hydrogens is 268 g/mol. The third-order valence-electron chi connectivity index (χ3n) is 3.58. The Bertz CT molecular complexity index is 441. The molecule has 0 spiro atoms. The first-order chi connectivity index (χ1) is 10.2. The summed E-state index contributed by atoms with van der Waals surface area (Å²) < 4.78 is 5.16. The van der Waals surface area contributed by atoms with Crippen molar-refractivity contribution in [3.8, 4) is 0 Å². The number of aliphatic hydroxyl groups is 1. The van der Waals surface area contributed by atoms with E-state index in [-0.39, 0.29) is 6.61 Å². The Kier molecular flexibility index (Phi) is 6.02. The number of carbonyl (C=O) groups excluding carboxylic acids is 1. The molecule has 0 bridgehead atoms. The molecule has 1 aliphatic heterocycles. The maximum atomic E-state index is 11.9. The van der Waals surface area contributed by atoms with Crippen LogP contribution in [0.5, 0.6) is 0 Å². The molecule has 1 aromatic carbocycles. The summed E-state index contributed by atoms with van der Waals surface area (Å²) in [5.74, 6) is -0.390. The van der Waals surface area contributed by atoms with Gasteiger partial charge in [0.25, 0.3) is 0 Å². The van der Waals surface area contributed by atoms with Crippen molar-refractivity contribution < 1.29 is 14.6 Å². The van der Waals surface area contributed by atoms with Crippen molar-refractivity contribution in [3.63, 3.8) is 0 Å². The summed E-state index contributed by atoms with van der Waals surface area (Å²) in [5.41, 5.74) is 1.48. The highest BCUT2D eigenvalue weighted by molar-refractivity contribution is 5.89. The molecule has 21 heavy (non-hydrogen) atoms. The third-order valence-corrected chi connectivity index (χ3v) is 3.58. The van der Waals surface area contributed by atoms with E-state index in [1.807, 2.05) is 19.1 Å². The molecule has 1 atom stereocenters. The quantitative estimate of drug-likeness (QED) is 0.750. The van der Waals surface area contributed by atoms with Crippen LogP contribution < -0.4 is 5.32 Å². The van der Waals surface area contributed by atoms with Crippen LogP contribution in [-0.2, 0) is 4.74 Å². The van der Waals surface area contributed by atoms with Gasteiger partial charge in [-0.25, -0.2) is 4.79 Å². The van der Waals surface area contributed by atoms with Crippen molar-refractivity contribution in [1.29, 1.82) is 0 Å². The Morgan fingerprint density at radius 2 is 2.00 bits per heavy atom. The summed E-state index contributed by atoms with van der Waals surface area (Å²) in [6.07, 6.45) is 1.75. The zero-order chi connectivity index (χ0) is 15.1. The van der Waals surface area contributed by atoms with Crippen molar-refractivity contribution >= 4 is 11.7 Å². The lowest BCUT2D eigenvalue weighted by molar-refractivity contribution is 0.0178. The van der Waals surface area contributed by atoms with E-state index in [1.165, 1.54) is 12.8 Å². The summed E-state index contributed by atoms with van der Waals surface area (Å²) in [5, 5.41) is 13.1. The van der Waals surface area contributed by atoms with E-state index in [0.29, 0.717) is 12.1 Å². The number of ether oxygens (including phenoxy) is 1. The van der Waals surface area contributed by atoms with Gasteiger partial charge >= 0.3 is 5.97 Å². The minimum atomic E-state index is -0.618. The number of hydrogen-bond donors (Lipinski definition) is 2. The average Bonchev–Trinajstić information content (AvgIpc) is 2.99. The van der Waals surface area contributed by atoms with E-state index < -0.39 is 12.1 Å². The Morgan fingerprint density at radius 3 is 2.62 bits per heavy atom. The molecule has 1 heterocycles. The van der Waals surface area contributed by atoms with Crippen molar-refractivity contribution in [2.24, 2.45) is 0 Å². The topological polar surface area (TPSA) is 61.8 Å². The number of carbonyl (C=O) groups is 1. The lowest BCUT2D eigenvalue weighted by Crippen LogP contribution is -2.33. The van der Waals surface area contributed by atoms with Gasteiger partial charge in [-0.1, -0.05) is 0 Å². The molecular formula is C16H24N2O3. The van der Waals surface area contributed by atoms with Crippen LogP contribution >= 0.6 is 0 Å². The fourth-order valence-electron chi connectivity index (χ4n) is 2.50. The summed E-state index contributed by atoms with van der Waals surface area (Å²) >= 11 is 0. The van der Waals surface area contributed by atoms with E-state index in [9.17, 15) is 9.90 Å². The van der Waals surface area contributed by atoms with Gasteiger partial charge in [-0.3, -0.25) is 0 Å². The van der Waals surface area contributed by atoms with Crippen molar-refractivity contribution in [2.75, 3.05) is 38.1 Å². The van der Waals surface area contributed by atoms with Crippen molar-refractivity contribution in [2.45, 2.75) is 25.9 Å². The predicted octanol–water partition coefficient (Wildman–Crippen LogP) is 1.73. The summed E-state index contributed by atoms with van der Waals surface area (Å²) in [4.78, 5) is 14.1. The molecule has 2 N–H and O–H groups in total. The smallest absolute Gasteiger partial charge is 0.338 e. The third kappa shape index (κ3) is 5.02. The number of benzene rings is 1.